The topological polar surface area (TPSA) is 66.6 Å². The zero-order chi connectivity index (χ0) is 14.7. The molecule has 0 saturated heterocycles. The molecule has 2 aromatic rings. The monoisotopic (exact) mass is 270 g/mol. The van der Waals surface area contributed by atoms with Crippen molar-refractivity contribution in [2.24, 2.45) is 0 Å². The van der Waals surface area contributed by atoms with Gasteiger partial charge in [0.1, 0.15) is 0 Å². The number of hydrogen-bond donors (Lipinski definition) is 2. The van der Waals surface area contributed by atoms with Gasteiger partial charge in [0.2, 0.25) is 0 Å². The number of carboxylic acid groups (broad SMARTS) is 1. The standard InChI is InChI=1S/C16H18N2O2/c1-11-4-3-5-12(8-11)10-18(2)13-6-7-15(17)14(9-13)16(19)20/h3-9H,10,17H2,1-2H3,(H,19,20). The van der Waals surface area contributed by atoms with Gasteiger partial charge < -0.3 is 15.7 Å². The van der Waals surface area contributed by atoms with E-state index in [1.807, 2.05) is 24.1 Å². The minimum absolute atomic E-state index is 0.138. The van der Waals surface area contributed by atoms with E-state index in [0.717, 1.165) is 5.69 Å². The lowest BCUT2D eigenvalue weighted by molar-refractivity contribution is 0.0698. The summed E-state index contributed by atoms with van der Waals surface area (Å²) in [6.45, 7) is 2.76. The Morgan fingerprint density at radius 3 is 2.65 bits per heavy atom. The van der Waals surface area contributed by atoms with E-state index in [1.54, 1.807) is 12.1 Å². The van der Waals surface area contributed by atoms with Crippen LogP contribution in [0.2, 0.25) is 0 Å². The van der Waals surface area contributed by atoms with Crippen LogP contribution in [0.3, 0.4) is 0 Å². The van der Waals surface area contributed by atoms with Crippen LogP contribution in [0, 0.1) is 6.92 Å². The minimum Gasteiger partial charge on any atom is -0.478 e. The van der Waals surface area contributed by atoms with E-state index in [9.17, 15) is 4.79 Å². The van der Waals surface area contributed by atoms with Crippen molar-refractivity contribution in [2.75, 3.05) is 17.7 Å². The number of aromatic carboxylic acids is 1. The zero-order valence-electron chi connectivity index (χ0n) is 11.6. The molecule has 0 fully saturated rings. The molecule has 0 aliphatic carbocycles. The Bertz CT molecular complexity index is 638. The molecule has 2 aromatic carbocycles. The Hall–Kier alpha value is -2.49. The summed E-state index contributed by atoms with van der Waals surface area (Å²) in [6, 6.07) is 13.3. The van der Waals surface area contributed by atoms with Crippen molar-refractivity contribution in [2.45, 2.75) is 13.5 Å². The molecule has 20 heavy (non-hydrogen) atoms. The summed E-state index contributed by atoms with van der Waals surface area (Å²) in [4.78, 5) is 13.1. The summed E-state index contributed by atoms with van der Waals surface area (Å²) < 4.78 is 0. The average molecular weight is 270 g/mol. The van der Waals surface area contributed by atoms with Gasteiger partial charge in [0.25, 0.3) is 0 Å². The van der Waals surface area contributed by atoms with Gasteiger partial charge >= 0.3 is 5.97 Å². The van der Waals surface area contributed by atoms with Gasteiger partial charge in [-0.15, -0.1) is 0 Å². The van der Waals surface area contributed by atoms with Crippen LogP contribution < -0.4 is 10.6 Å². The highest BCUT2D eigenvalue weighted by molar-refractivity contribution is 5.94. The highest BCUT2D eigenvalue weighted by atomic mass is 16.4. The summed E-state index contributed by atoms with van der Waals surface area (Å²) in [5.41, 5.74) is 9.30. The van der Waals surface area contributed by atoms with E-state index in [-0.39, 0.29) is 11.3 Å². The number of nitrogens with two attached hydrogens (primary N) is 1. The van der Waals surface area contributed by atoms with Gasteiger partial charge in [0.15, 0.2) is 0 Å². The third kappa shape index (κ3) is 3.09. The predicted octanol–water partition coefficient (Wildman–Crippen LogP) is 2.91. The molecular formula is C16H18N2O2. The van der Waals surface area contributed by atoms with Crippen molar-refractivity contribution in [3.63, 3.8) is 0 Å². The van der Waals surface area contributed by atoms with Crippen LogP contribution in [-0.2, 0) is 6.54 Å². The summed E-state index contributed by atoms with van der Waals surface area (Å²) in [6.07, 6.45) is 0. The number of nitrogens with zero attached hydrogens (tertiary/aromatic N) is 1. The lowest BCUT2D eigenvalue weighted by Gasteiger charge is -2.20. The van der Waals surface area contributed by atoms with E-state index >= 15 is 0 Å². The lowest BCUT2D eigenvalue weighted by Crippen LogP contribution is -2.17. The van der Waals surface area contributed by atoms with Crippen molar-refractivity contribution in [3.05, 3.63) is 59.2 Å². The maximum Gasteiger partial charge on any atom is 0.337 e. The SMILES string of the molecule is Cc1cccc(CN(C)c2ccc(N)c(C(=O)O)c2)c1. The van der Waals surface area contributed by atoms with Gasteiger partial charge in [0.05, 0.1) is 5.56 Å². The Morgan fingerprint density at radius 1 is 1.25 bits per heavy atom. The Kier molecular flexibility index (Phi) is 3.94. The Morgan fingerprint density at radius 2 is 2.00 bits per heavy atom. The summed E-state index contributed by atoms with van der Waals surface area (Å²) >= 11 is 0. The van der Waals surface area contributed by atoms with E-state index in [1.165, 1.54) is 11.1 Å². The fraction of sp³-hybridized carbons (Fsp3) is 0.188. The van der Waals surface area contributed by atoms with E-state index in [0.29, 0.717) is 6.54 Å². The normalized spacial score (nSPS) is 10.3. The molecule has 4 nitrogen and oxygen atoms in total. The molecule has 0 unspecified atom stereocenters. The first-order valence-corrected chi connectivity index (χ1v) is 6.37. The number of carboxylic acids is 1. The molecule has 104 valence electrons. The third-order valence-corrected chi connectivity index (χ3v) is 3.21. The summed E-state index contributed by atoms with van der Waals surface area (Å²) in [5.74, 6) is -1.01. The second-order valence-electron chi connectivity index (χ2n) is 4.92. The van der Waals surface area contributed by atoms with Gasteiger partial charge in [-0.05, 0) is 30.7 Å². The van der Waals surface area contributed by atoms with Crippen LogP contribution in [0.5, 0.6) is 0 Å². The van der Waals surface area contributed by atoms with Crippen LogP contribution >= 0.6 is 0 Å². The van der Waals surface area contributed by atoms with Crippen molar-refractivity contribution in [1.82, 2.24) is 0 Å². The highest BCUT2D eigenvalue weighted by Crippen LogP contribution is 2.22. The Labute approximate surface area is 118 Å². The van der Waals surface area contributed by atoms with E-state index < -0.39 is 5.97 Å². The fourth-order valence-corrected chi connectivity index (χ4v) is 2.14. The van der Waals surface area contributed by atoms with Crippen molar-refractivity contribution in [3.8, 4) is 0 Å². The van der Waals surface area contributed by atoms with Crippen molar-refractivity contribution >= 4 is 17.3 Å². The molecule has 0 amide bonds. The molecule has 3 N–H and O–H groups in total. The quantitative estimate of drug-likeness (QED) is 0.838. The van der Waals surface area contributed by atoms with Crippen LogP contribution in [0.1, 0.15) is 21.5 Å². The lowest BCUT2D eigenvalue weighted by atomic mass is 10.1. The number of carbonyl (C=O) groups is 1. The average Bonchev–Trinajstić information content (AvgIpc) is 2.38. The fourth-order valence-electron chi connectivity index (χ4n) is 2.14. The molecule has 0 bridgehead atoms. The van der Waals surface area contributed by atoms with Gasteiger partial charge in [0, 0.05) is 25.0 Å². The Balaban J connectivity index is 2.23. The highest BCUT2D eigenvalue weighted by Gasteiger charge is 2.11. The minimum atomic E-state index is -1.01. The van der Waals surface area contributed by atoms with Crippen LogP contribution in [0.15, 0.2) is 42.5 Å². The number of anilines is 2. The second kappa shape index (κ2) is 5.65. The van der Waals surface area contributed by atoms with Crippen LogP contribution in [0.25, 0.3) is 0 Å². The third-order valence-electron chi connectivity index (χ3n) is 3.21. The summed E-state index contributed by atoms with van der Waals surface area (Å²) in [7, 11) is 1.93. The van der Waals surface area contributed by atoms with Gasteiger partial charge in [-0.3, -0.25) is 0 Å². The summed E-state index contributed by atoms with van der Waals surface area (Å²) in [5, 5.41) is 9.10. The number of hydrogen-bond acceptors (Lipinski definition) is 3. The first-order valence-electron chi connectivity index (χ1n) is 6.37. The molecule has 0 aliphatic heterocycles. The molecule has 0 heterocycles. The van der Waals surface area contributed by atoms with Gasteiger partial charge in [-0.1, -0.05) is 29.8 Å². The van der Waals surface area contributed by atoms with Crippen LogP contribution in [-0.4, -0.2) is 18.1 Å². The van der Waals surface area contributed by atoms with Gasteiger partial charge in [-0.2, -0.15) is 0 Å². The molecule has 0 atom stereocenters. The first kappa shape index (κ1) is 13.9. The van der Waals surface area contributed by atoms with E-state index in [2.05, 4.69) is 25.1 Å². The number of nitrogen functional groups attached to an aromatic ring is 1. The molecule has 4 heteroatoms. The molecule has 0 spiro atoms. The number of rotatable bonds is 4. The van der Waals surface area contributed by atoms with E-state index in [4.69, 9.17) is 10.8 Å². The first-order chi connectivity index (χ1) is 9.47. The maximum absolute atomic E-state index is 11.1. The van der Waals surface area contributed by atoms with Crippen molar-refractivity contribution in [1.29, 1.82) is 0 Å². The maximum atomic E-state index is 11.1. The smallest absolute Gasteiger partial charge is 0.337 e. The molecule has 0 aromatic heterocycles. The van der Waals surface area contributed by atoms with Crippen molar-refractivity contribution < 1.29 is 9.90 Å². The second-order valence-corrected chi connectivity index (χ2v) is 4.92. The molecule has 2 rings (SSSR count). The number of aryl methyl sites for hydroxylation is 1. The zero-order valence-corrected chi connectivity index (χ0v) is 11.6. The molecular weight excluding hydrogens is 252 g/mol. The molecule has 0 saturated carbocycles. The van der Waals surface area contributed by atoms with Gasteiger partial charge in [-0.25, -0.2) is 4.79 Å². The molecule has 0 radical (unpaired) electrons. The largest absolute Gasteiger partial charge is 0.478 e. The van der Waals surface area contributed by atoms with Crippen LogP contribution in [0.4, 0.5) is 11.4 Å². The molecule has 0 aliphatic rings. The number of benzene rings is 2. The predicted molar refractivity (Wildman–Crippen MR) is 81.1 cm³/mol.